The van der Waals surface area contributed by atoms with Crippen LogP contribution in [0.25, 0.3) is 17.0 Å². The minimum atomic E-state index is -3.76. The quantitative estimate of drug-likeness (QED) is 0.550. The molecule has 27 heavy (non-hydrogen) atoms. The summed E-state index contributed by atoms with van der Waals surface area (Å²) >= 11 is 0. The van der Waals surface area contributed by atoms with Crippen LogP contribution in [-0.2, 0) is 10.0 Å². The van der Waals surface area contributed by atoms with Crippen LogP contribution in [-0.4, -0.2) is 18.5 Å². The van der Waals surface area contributed by atoms with Gasteiger partial charge in [-0.15, -0.1) is 5.11 Å². The molecule has 1 heterocycles. The average molecular weight is 384 g/mol. The van der Waals surface area contributed by atoms with Crippen LogP contribution in [0.3, 0.4) is 0 Å². The van der Waals surface area contributed by atoms with Crippen LogP contribution in [0, 0.1) is 0 Å². The number of nitrogens with two attached hydrogens (primary N) is 1. The van der Waals surface area contributed by atoms with Gasteiger partial charge in [0.1, 0.15) is 0 Å². The molecule has 0 aliphatic heterocycles. The number of allylic oxidation sites excluding steroid dienone is 1. The molecule has 0 radical (unpaired) electrons. The molecule has 2 aromatic carbocycles. The lowest BCUT2D eigenvalue weighted by atomic mass is 10.1. The smallest absolute Gasteiger partial charge is 0.238 e. The van der Waals surface area contributed by atoms with Crippen LogP contribution in [0.4, 0.5) is 11.4 Å². The second-order valence-electron chi connectivity index (χ2n) is 6.18. The maximum absolute atomic E-state index is 11.3. The minimum absolute atomic E-state index is 0.00106. The zero-order chi connectivity index (χ0) is 19.6. The summed E-state index contributed by atoms with van der Waals surface area (Å²) in [6.07, 6.45) is 2.97. The van der Waals surface area contributed by atoms with Crippen LogP contribution >= 0.6 is 0 Å². The van der Waals surface area contributed by atoms with Crippen molar-refractivity contribution in [2.75, 3.05) is 0 Å². The lowest BCUT2D eigenvalue weighted by Gasteiger charge is -2.01. The molecule has 0 amide bonds. The largest absolute Gasteiger partial charge is 0.493 e. The fourth-order valence-electron chi connectivity index (χ4n) is 2.64. The van der Waals surface area contributed by atoms with Gasteiger partial charge in [0, 0.05) is 5.39 Å². The Kier molecular flexibility index (Phi) is 5.11. The second-order valence-corrected chi connectivity index (χ2v) is 7.74. The molecule has 0 spiro atoms. The molecule has 3 aromatic rings. The van der Waals surface area contributed by atoms with Crippen LogP contribution in [0.1, 0.15) is 25.8 Å². The van der Waals surface area contributed by atoms with E-state index in [0.717, 1.165) is 22.9 Å². The number of fused-ring (bicyclic) bond motifs is 1. The van der Waals surface area contributed by atoms with Gasteiger partial charge >= 0.3 is 0 Å². The lowest BCUT2D eigenvalue weighted by molar-refractivity contribution is 0.459. The van der Waals surface area contributed by atoms with Gasteiger partial charge in [0.05, 0.1) is 16.1 Å². The van der Waals surface area contributed by atoms with Crippen molar-refractivity contribution >= 4 is 38.4 Å². The zero-order valence-electron chi connectivity index (χ0n) is 15.0. The van der Waals surface area contributed by atoms with Gasteiger partial charge in [-0.1, -0.05) is 30.7 Å². The van der Waals surface area contributed by atoms with E-state index in [1.807, 2.05) is 25.1 Å². The summed E-state index contributed by atoms with van der Waals surface area (Å²) in [6, 6.07) is 11.4. The normalized spacial score (nSPS) is 12.9. The fourth-order valence-corrected chi connectivity index (χ4v) is 3.15. The first-order valence-corrected chi connectivity index (χ1v) is 9.89. The summed E-state index contributed by atoms with van der Waals surface area (Å²) in [7, 11) is -3.76. The third-order valence-electron chi connectivity index (χ3n) is 4.20. The third kappa shape index (κ3) is 4.07. The number of hydrogen-bond donors (Lipinski definition) is 3. The molecule has 4 N–H and O–H groups in total. The van der Waals surface area contributed by atoms with Gasteiger partial charge in [-0.2, -0.15) is 5.11 Å². The van der Waals surface area contributed by atoms with Crippen LogP contribution in [0.2, 0.25) is 0 Å². The Morgan fingerprint density at radius 2 is 1.89 bits per heavy atom. The molecule has 8 heteroatoms. The maximum atomic E-state index is 11.3. The molecule has 0 fully saturated rings. The second kappa shape index (κ2) is 7.34. The zero-order valence-corrected chi connectivity index (χ0v) is 15.8. The number of primary sulfonamides is 1. The highest BCUT2D eigenvalue weighted by Gasteiger charge is 2.13. The molecule has 0 aliphatic carbocycles. The molecule has 0 saturated carbocycles. The van der Waals surface area contributed by atoms with E-state index in [1.54, 1.807) is 0 Å². The first-order valence-electron chi connectivity index (χ1n) is 8.35. The van der Waals surface area contributed by atoms with Crippen molar-refractivity contribution in [3.63, 3.8) is 0 Å². The predicted molar refractivity (Wildman–Crippen MR) is 106 cm³/mol. The summed E-state index contributed by atoms with van der Waals surface area (Å²) in [5.74, 6) is -0.0788. The molecule has 0 unspecified atom stereocenters. The predicted octanol–water partition coefficient (Wildman–Crippen LogP) is 4.75. The number of H-pyrrole nitrogens is 1. The molecule has 1 aromatic heterocycles. The Morgan fingerprint density at radius 1 is 1.19 bits per heavy atom. The van der Waals surface area contributed by atoms with E-state index in [0.29, 0.717) is 11.4 Å². The summed E-state index contributed by atoms with van der Waals surface area (Å²) in [6.45, 7) is 4.12. The highest BCUT2D eigenvalue weighted by molar-refractivity contribution is 7.89. The number of aromatic nitrogens is 1. The summed E-state index contributed by atoms with van der Waals surface area (Å²) in [5, 5.41) is 24.4. The third-order valence-corrected chi connectivity index (χ3v) is 5.13. The molecule has 3 rings (SSSR count). The average Bonchev–Trinajstić information content (AvgIpc) is 2.95. The van der Waals surface area contributed by atoms with E-state index < -0.39 is 10.0 Å². The van der Waals surface area contributed by atoms with Gasteiger partial charge < -0.3 is 10.1 Å². The van der Waals surface area contributed by atoms with Gasteiger partial charge in [0.25, 0.3) is 0 Å². The molecule has 0 atom stereocenters. The minimum Gasteiger partial charge on any atom is -0.493 e. The number of nitrogens with one attached hydrogen (secondary N) is 1. The van der Waals surface area contributed by atoms with Gasteiger partial charge in [-0.25, -0.2) is 13.6 Å². The van der Waals surface area contributed by atoms with Gasteiger partial charge in [0.15, 0.2) is 5.69 Å². The topological polar surface area (TPSA) is 121 Å². The molecular weight excluding hydrogens is 364 g/mol. The van der Waals surface area contributed by atoms with Crippen LogP contribution in [0.15, 0.2) is 63.2 Å². The van der Waals surface area contributed by atoms with Crippen molar-refractivity contribution in [3.8, 4) is 5.88 Å². The SMILES string of the molecule is CC/C(C)=C/c1cccc2[nH]c(O)c(N=Nc3ccc(S(N)(=O)=O)cc3)c12. The van der Waals surface area contributed by atoms with Gasteiger partial charge in [-0.3, -0.25) is 0 Å². The Bertz CT molecular complexity index is 1140. The van der Waals surface area contributed by atoms with Crippen molar-refractivity contribution in [1.82, 2.24) is 4.98 Å². The number of aromatic amines is 1. The van der Waals surface area contributed by atoms with Crippen molar-refractivity contribution in [2.24, 2.45) is 15.4 Å². The molecule has 0 saturated heterocycles. The molecule has 7 nitrogen and oxygen atoms in total. The summed E-state index contributed by atoms with van der Waals surface area (Å²) in [5.41, 5.74) is 3.65. The molecule has 0 bridgehead atoms. The van der Waals surface area contributed by atoms with E-state index >= 15 is 0 Å². The molecule has 0 aliphatic rings. The number of aromatic hydroxyl groups is 1. The number of rotatable bonds is 5. The van der Waals surface area contributed by atoms with Crippen molar-refractivity contribution < 1.29 is 13.5 Å². The number of benzene rings is 2. The number of azo groups is 1. The van der Waals surface area contributed by atoms with Crippen molar-refractivity contribution in [1.29, 1.82) is 0 Å². The lowest BCUT2D eigenvalue weighted by Crippen LogP contribution is -2.11. The number of sulfonamides is 1. The first kappa shape index (κ1) is 18.8. The van der Waals surface area contributed by atoms with Gasteiger partial charge in [-0.05, 0) is 49.2 Å². The maximum Gasteiger partial charge on any atom is 0.238 e. The van der Waals surface area contributed by atoms with E-state index in [9.17, 15) is 13.5 Å². The highest BCUT2D eigenvalue weighted by Crippen LogP contribution is 2.39. The van der Waals surface area contributed by atoms with Crippen molar-refractivity contribution in [2.45, 2.75) is 25.2 Å². The summed E-state index contributed by atoms with van der Waals surface area (Å²) in [4.78, 5) is 2.90. The standard InChI is InChI=1S/C19H20N4O3S/c1-3-12(2)11-13-5-4-6-16-17(13)18(19(24)21-16)23-22-14-7-9-15(10-8-14)27(20,25)26/h4-11,21,24H,3H2,1-2H3,(H2,20,25,26)/b12-11+,23-22?. The Balaban J connectivity index is 2.04. The van der Waals surface area contributed by atoms with E-state index in [2.05, 4.69) is 28.2 Å². The van der Waals surface area contributed by atoms with Crippen molar-refractivity contribution in [3.05, 3.63) is 53.6 Å². The first-order chi connectivity index (χ1) is 12.8. The van der Waals surface area contributed by atoms with E-state index in [-0.39, 0.29) is 10.8 Å². The molecular formula is C19H20N4O3S. The number of hydrogen-bond acceptors (Lipinski definition) is 5. The van der Waals surface area contributed by atoms with E-state index in [1.165, 1.54) is 29.8 Å². The monoisotopic (exact) mass is 384 g/mol. The van der Waals surface area contributed by atoms with E-state index in [4.69, 9.17) is 5.14 Å². The Labute approximate surface area is 157 Å². The molecule has 140 valence electrons. The van der Waals surface area contributed by atoms with Crippen LogP contribution < -0.4 is 5.14 Å². The Hall–Kier alpha value is -2.97. The van der Waals surface area contributed by atoms with Crippen LogP contribution in [0.5, 0.6) is 5.88 Å². The highest BCUT2D eigenvalue weighted by atomic mass is 32.2. The summed E-state index contributed by atoms with van der Waals surface area (Å²) < 4.78 is 22.6. The van der Waals surface area contributed by atoms with Gasteiger partial charge in [0.2, 0.25) is 15.9 Å². The number of nitrogens with zero attached hydrogens (tertiary/aromatic N) is 2. The fraction of sp³-hybridized carbons (Fsp3) is 0.158. The Morgan fingerprint density at radius 3 is 2.52 bits per heavy atom.